The van der Waals surface area contributed by atoms with Crippen molar-refractivity contribution in [2.45, 2.75) is 0 Å². The van der Waals surface area contributed by atoms with Gasteiger partial charge in [0.2, 0.25) is 0 Å². The first-order valence-electron chi connectivity index (χ1n) is 8.35. The van der Waals surface area contributed by atoms with Gasteiger partial charge in [-0.15, -0.1) is 4.68 Å². The highest BCUT2D eigenvalue weighted by Gasteiger charge is 2.12. The van der Waals surface area contributed by atoms with Crippen molar-refractivity contribution < 1.29 is 14.3 Å². The van der Waals surface area contributed by atoms with E-state index < -0.39 is 17.2 Å². The van der Waals surface area contributed by atoms with E-state index in [0.29, 0.717) is 31.9 Å². The average molecular weight is 410 g/mol. The highest BCUT2D eigenvalue weighted by atomic mass is 35.5. The van der Waals surface area contributed by atoms with Crippen LogP contribution in [0.25, 0.3) is 22.2 Å². The number of halogens is 1. The van der Waals surface area contributed by atoms with Gasteiger partial charge in [-0.1, -0.05) is 23.7 Å². The Labute approximate surface area is 167 Å². The standard InChI is InChI=1S/C20H12ClN3O5/c21-15-7-5-11(19(26)27)9-14(15)17-8-6-12(29-17)10-22-24-18(25)13-3-1-2-4-16(13)23-20(24)28/h1-10H,(H,23,28)(H,26,27). The first-order valence-corrected chi connectivity index (χ1v) is 8.73. The van der Waals surface area contributed by atoms with Gasteiger partial charge >= 0.3 is 11.7 Å². The zero-order valence-electron chi connectivity index (χ0n) is 14.6. The molecule has 0 aliphatic carbocycles. The Morgan fingerprint density at radius 1 is 1.14 bits per heavy atom. The number of aromatic amines is 1. The van der Waals surface area contributed by atoms with E-state index in [0.717, 1.165) is 0 Å². The minimum absolute atomic E-state index is 0.0604. The molecule has 2 aromatic carbocycles. The Balaban J connectivity index is 1.71. The maximum Gasteiger partial charge on any atom is 0.349 e. The summed E-state index contributed by atoms with van der Waals surface area (Å²) in [6.45, 7) is 0. The average Bonchev–Trinajstić information content (AvgIpc) is 3.16. The van der Waals surface area contributed by atoms with Crippen LogP contribution < -0.4 is 11.2 Å². The Bertz CT molecular complexity index is 1400. The summed E-state index contributed by atoms with van der Waals surface area (Å²) in [5.74, 6) is -0.526. The summed E-state index contributed by atoms with van der Waals surface area (Å²) in [4.78, 5) is 38.3. The molecule has 0 saturated carbocycles. The molecule has 9 heteroatoms. The quantitative estimate of drug-likeness (QED) is 0.502. The van der Waals surface area contributed by atoms with Crippen molar-refractivity contribution in [2.75, 3.05) is 0 Å². The first kappa shape index (κ1) is 18.5. The summed E-state index contributed by atoms with van der Waals surface area (Å²) in [5, 5.41) is 13.7. The summed E-state index contributed by atoms with van der Waals surface area (Å²) in [6.07, 6.45) is 1.21. The number of benzene rings is 2. The van der Waals surface area contributed by atoms with E-state index in [9.17, 15) is 14.4 Å². The van der Waals surface area contributed by atoms with Crippen LogP contribution in [0.5, 0.6) is 0 Å². The molecule has 2 aromatic heterocycles. The highest BCUT2D eigenvalue weighted by Crippen LogP contribution is 2.30. The number of fused-ring (bicyclic) bond motifs is 1. The van der Waals surface area contributed by atoms with Gasteiger partial charge in [-0.2, -0.15) is 5.10 Å². The topological polar surface area (TPSA) is 118 Å². The molecule has 4 aromatic rings. The van der Waals surface area contributed by atoms with Gasteiger partial charge in [0.05, 0.1) is 27.7 Å². The molecule has 0 spiro atoms. The second-order valence-electron chi connectivity index (χ2n) is 6.04. The number of nitrogens with one attached hydrogen (secondary N) is 1. The number of aromatic carboxylic acids is 1. The van der Waals surface area contributed by atoms with Crippen molar-refractivity contribution in [3.63, 3.8) is 0 Å². The number of hydrogen-bond donors (Lipinski definition) is 2. The maximum absolute atomic E-state index is 12.5. The molecule has 29 heavy (non-hydrogen) atoms. The van der Waals surface area contributed by atoms with Gasteiger partial charge in [-0.05, 0) is 42.5 Å². The second kappa shape index (κ2) is 7.25. The van der Waals surface area contributed by atoms with Crippen LogP contribution in [0.3, 0.4) is 0 Å². The smallest absolute Gasteiger partial charge is 0.349 e. The number of nitrogens with zero attached hydrogens (tertiary/aromatic N) is 2. The molecule has 0 aliphatic heterocycles. The largest absolute Gasteiger partial charge is 0.478 e. The highest BCUT2D eigenvalue weighted by molar-refractivity contribution is 6.33. The Morgan fingerprint density at radius 3 is 2.72 bits per heavy atom. The predicted octanol–water partition coefficient (Wildman–Crippen LogP) is 3.18. The molecule has 0 amide bonds. The van der Waals surface area contributed by atoms with Crippen LogP contribution in [-0.4, -0.2) is 27.0 Å². The molecule has 0 aliphatic rings. The van der Waals surface area contributed by atoms with Crippen molar-refractivity contribution >= 4 is 34.7 Å². The zero-order valence-corrected chi connectivity index (χ0v) is 15.4. The van der Waals surface area contributed by atoms with Crippen molar-refractivity contribution in [3.8, 4) is 11.3 Å². The number of carboxylic acids is 1. The van der Waals surface area contributed by atoms with E-state index in [1.807, 2.05) is 0 Å². The van der Waals surface area contributed by atoms with Gasteiger partial charge in [0.1, 0.15) is 11.5 Å². The number of carbonyl (C=O) groups is 1. The van der Waals surface area contributed by atoms with E-state index in [4.69, 9.17) is 21.1 Å². The third-order valence-electron chi connectivity index (χ3n) is 4.19. The molecule has 4 rings (SSSR count). The lowest BCUT2D eigenvalue weighted by Gasteiger charge is -2.02. The van der Waals surface area contributed by atoms with E-state index in [2.05, 4.69) is 10.1 Å². The van der Waals surface area contributed by atoms with Gasteiger partial charge in [0.25, 0.3) is 5.56 Å². The summed E-state index contributed by atoms with van der Waals surface area (Å²) in [6, 6.07) is 14.0. The molecule has 2 heterocycles. The molecule has 2 N–H and O–H groups in total. The number of carboxylic acid groups (broad SMARTS) is 1. The number of hydrogen-bond acceptors (Lipinski definition) is 5. The number of para-hydroxylation sites is 1. The third-order valence-corrected chi connectivity index (χ3v) is 4.52. The normalized spacial score (nSPS) is 11.3. The van der Waals surface area contributed by atoms with E-state index in [1.54, 1.807) is 36.4 Å². The van der Waals surface area contributed by atoms with E-state index >= 15 is 0 Å². The van der Waals surface area contributed by atoms with Gasteiger partial charge in [0, 0.05) is 5.56 Å². The fraction of sp³-hybridized carbons (Fsp3) is 0. The van der Waals surface area contributed by atoms with Crippen molar-refractivity contribution in [3.05, 3.63) is 91.8 Å². The molecule has 8 nitrogen and oxygen atoms in total. The minimum Gasteiger partial charge on any atom is -0.478 e. The lowest BCUT2D eigenvalue weighted by atomic mass is 10.1. The number of H-pyrrole nitrogens is 1. The first-order chi connectivity index (χ1) is 13.9. The Kier molecular flexibility index (Phi) is 4.61. The molecule has 0 radical (unpaired) electrons. The Hall–Kier alpha value is -3.91. The number of aromatic nitrogens is 2. The predicted molar refractivity (Wildman–Crippen MR) is 108 cm³/mol. The zero-order chi connectivity index (χ0) is 20.5. The third kappa shape index (κ3) is 3.48. The molecule has 144 valence electrons. The molecular formula is C20H12ClN3O5. The fourth-order valence-corrected chi connectivity index (χ4v) is 3.00. The van der Waals surface area contributed by atoms with Crippen LogP contribution in [0.15, 0.2) is 73.7 Å². The summed E-state index contributed by atoms with van der Waals surface area (Å²) >= 11 is 6.14. The van der Waals surface area contributed by atoms with Crippen molar-refractivity contribution in [2.24, 2.45) is 5.10 Å². The molecule has 0 saturated heterocycles. The monoisotopic (exact) mass is 409 g/mol. The minimum atomic E-state index is -1.09. The van der Waals surface area contributed by atoms with Gasteiger partial charge in [-0.3, -0.25) is 4.79 Å². The van der Waals surface area contributed by atoms with Crippen molar-refractivity contribution in [1.29, 1.82) is 0 Å². The van der Waals surface area contributed by atoms with Gasteiger partial charge < -0.3 is 14.5 Å². The van der Waals surface area contributed by atoms with Crippen LogP contribution >= 0.6 is 11.6 Å². The summed E-state index contributed by atoms with van der Waals surface area (Å²) in [5.41, 5.74) is -0.377. The van der Waals surface area contributed by atoms with Crippen LogP contribution in [0, 0.1) is 0 Å². The molecule has 0 fully saturated rings. The summed E-state index contributed by atoms with van der Waals surface area (Å²) < 4.78 is 6.32. The molecular weight excluding hydrogens is 398 g/mol. The van der Waals surface area contributed by atoms with Crippen LogP contribution in [-0.2, 0) is 0 Å². The van der Waals surface area contributed by atoms with Gasteiger partial charge in [-0.25, -0.2) is 9.59 Å². The molecule has 0 bridgehead atoms. The summed E-state index contributed by atoms with van der Waals surface area (Å²) in [7, 11) is 0. The van der Waals surface area contributed by atoms with Gasteiger partial charge in [0.15, 0.2) is 0 Å². The lowest BCUT2D eigenvalue weighted by Crippen LogP contribution is -2.32. The fourth-order valence-electron chi connectivity index (χ4n) is 2.79. The second-order valence-corrected chi connectivity index (χ2v) is 6.45. The van der Waals surface area contributed by atoms with E-state index in [-0.39, 0.29) is 11.3 Å². The van der Waals surface area contributed by atoms with Crippen LogP contribution in [0.1, 0.15) is 16.1 Å². The number of rotatable bonds is 4. The Morgan fingerprint density at radius 2 is 1.93 bits per heavy atom. The number of furan rings is 1. The molecule has 0 atom stereocenters. The molecule has 0 unspecified atom stereocenters. The van der Waals surface area contributed by atoms with Crippen molar-refractivity contribution in [1.82, 2.24) is 9.66 Å². The lowest BCUT2D eigenvalue weighted by molar-refractivity contribution is 0.0697. The van der Waals surface area contributed by atoms with Crippen LogP contribution in [0.2, 0.25) is 5.02 Å². The SMILES string of the molecule is O=C(O)c1ccc(Cl)c(-c2ccc(C=Nn3c(=O)[nH]c4ccccc4c3=O)o2)c1. The van der Waals surface area contributed by atoms with E-state index in [1.165, 1.54) is 24.4 Å². The maximum atomic E-state index is 12.5. The van der Waals surface area contributed by atoms with Crippen LogP contribution in [0.4, 0.5) is 0 Å².